The summed E-state index contributed by atoms with van der Waals surface area (Å²) in [6, 6.07) is 2.07. The van der Waals surface area contributed by atoms with Gasteiger partial charge in [0.05, 0.1) is 6.26 Å². The van der Waals surface area contributed by atoms with E-state index >= 15 is 0 Å². The maximum atomic E-state index is 5.21. The number of rotatable bonds is 6. The molecule has 80 valence electrons. The zero-order valence-corrected chi connectivity index (χ0v) is 9.34. The molecule has 1 N–H and O–H groups in total. The van der Waals surface area contributed by atoms with Crippen molar-refractivity contribution in [3.05, 3.63) is 23.7 Å². The molecule has 14 heavy (non-hydrogen) atoms. The second-order valence-corrected chi connectivity index (χ2v) is 3.90. The van der Waals surface area contributed by atoms with Crippen molar-refractivity contribution >= 4 is 0 Å². The summed E-state index contributed by atoms with van der Waals surface area (Å²) in [5, 5.41) is 3.38. The SMILES string of the molecule is Cc1cc(CNCCCN(C)C)co1. The largest absolute Gasteiger partial charge is 0.469 e. The zero-order chi connectivity index (χ0) is 10.4. The highest BCUT2D eigenvalue weighted by molar-refractivity contribution is 5.10. The summed E-state index contributed by atoms with van der Waals surface area (Å²) in [7, 11) is 4.19. The van der Waals surface area contributed by atoms with Crippen LogP contribution < -0.4 is 5.32 Å². The van der Waals surface area contributed by atoms with Crippen LogP contribution in [0.15, 0.2) is 16.7 Å². The predicted molar refractivity (Wildman–Crippen MR) is 58.3 cm³/mol. The molecule has 0 bridgehead atoms. The normalized spacial score (nSPS) is 11.1. The first-order valence-corrected chi connectivity index (χ1v) is 5.08. The number of hydrogen-bond acceptors (Lipinski definition) is 3. The summed E-state index contributed by atoms with van der Waals surface area (Å²) < 4.78 is 5.21. The average Bonchev–Trinajstić information content (AvgIpc) is 2.50. The Morgan fingerprint density at radius 2 is 2.21 bits per heavy atom. The Morgan fingerprint density at radius 1 is 1.43 bits per heavy atom. The van der Waals surface area contributed by atoms with Gasteiger partial charge in [0.1, 0.15) is 5.76 Å². The first-order chi connectivity index (χ1) is 6.68. The van der Waals surface area contributed by atoms with Crippen LogP contribution in [0.1, 0.15) is 17.7 Å². The summed E-state index contributed by atoms with van der Waals surface area (Å²) in [6.45, 7) is 5.07. The summed E-state index contributed by atoms with van der Waals surface area (Å²) in [4.78, 5) is 2.20. The van der Waals surface area contributed by atoms with Gasteiger partial charge in [-0.15, -0.1) is 0 Å². The maximum Gasteiger partial charge on any atom is 0.101 e. The van der Waals surface area contributed by atoms with Crippen LogP contribution in [-0.4, -0.2) is 32.1 Å². The molecule has 0 fully saturated rings. The van der Waals surface area contributed by atoms with Crippen molar-refractivity contribution in [2.75, 3.05) is 27.2 Å². The smallest absolute Gasteiger partial charge is 0.101 e. The lowest BCUT2D eigenvalue weighted by Crippen LogP contribution is -2.20. The summed E-state index contributed by atoms with van der Waals surface area (Å²) in [6.07, 6.45) is 3.00. The zero-order valence-electron chi connectivity index (χ0n) is 9.34. The second kappa shape index (κ2) is 5.83. The van der Waals surface area contributed by atoms with Crippen LogP contribution in [0.2, 0.25) is 0 Å². The van der Waals surface area contributed by atoms with Crippen molar-refractivity contribution in [1.29, 1.82) is 0 Å². The van der Waals surface area contributed by atoms with Crippen LogP contribution in [0.25, 0.3) is 0 Å². The highest BCUT2D eigenvalue weighted by Crippen LogP contribution is 2.05. The molecular weight excluding hydrogens is 176 g/mol. The third-order valence-electron chi connectivity index (χ3n) is 2.07. The first-order valence-electron chi connectivity index (χ1n) is 5.08. The van der Waals surface area contributed by atoms with Crippen LogP contribution in [0.4, 0.5) is 0 Å². The Balaban J connectivity index is 2.04. The Morgan fingerprint density at radius 3 is 2.79 bits per heavy atom. The van der Waals surface area contributed by atoms with Gasteiger partial charge >= 0.3 is 0 Å². The lowest BCUT2D eigenvalue weighted by Gasteiger charge is -2.08. The molecule has 0 unspecified atom stereocenters. The van der Waals surface area contributed by atoms with E-state index in [1.807, 2.05) is 13.2 Å². The van der Waals surface area contributed by atoms with Gasteiger partial charge < -0.3 is 14.6 Å². The minimum atomic E-state index is 0.908. The molecule has 1 rings (SSSR count). The highest BCUT2D eigenvalue weighted by Gasteiger charge is 1.96. The van der Waals surface area contributed by atoms with Crippen molar-refractivity contribution in [2.45, 2.75) is 19.9 Å². The number of nitrogens with one attached hydrogen (secondary N) is 1. The van der Waals surface area contributed by atoms with E-state index in [-0.39, 0.29) is 0 Å². The molecule has 0 saturated heterocycles. The van der Waals surface area contributed by atoms with Crippen LogP contribution >= 0.6 is 0 Å². The van der Waals surface area contributed by atoms with E-state index in [1.54, 1.807) is 0 Å². The van der Waals surface area contributed by atoms with E-state index in [4.69, 9.17) is 4.42 Å². The number of furan rings is 1. The van der Waals surface area contributed by atoms with Crippen LogP contribution in [-0.2, 0) is 6.54 Å². The van der Waals surface area contributed by atoms with Crippen molar-refractivity contribution in [2.24, 2.45) is 0 Å². The van der Waals surface area contributed by atoms with E-state index < -0.39 is 0 Å². The lowest BCUT2D eigenvalue weighted by molar-refractivity contribution is 0.394. The van der Waals surface area contributed by atoms with Crippen molar-refractivity contribution < 1.29 is 4.42 Å². The predicted octanol–water partition coefficient (Wildman–Crippen LogP) is 1.63. The summed E-state index contributed by atoms with van der Waals surface area (Å²) in [5.41, 5.74) is 1.23. The Bertz CT molecular complexity index is 256. The lowest BCUT2D eigenvalue weighted by atomic mass is 10.3. The molecule has 1 aromatic rings. The summed E-state index contributed by atoms with van der Waals surface area (Å²) >= 11 is 0. The molecule has 0 atom stereocenters. The first kappa shape index (κ1) is 11.3. The van der Waals surface area contributed by atoms with Gasteiger partial charge in [0.2, 0.25) is 0 Å². The molecular formula is C11H20N2O. The van der Waals surface area contributed by atoms with Gasteiger partial charge in [0.15, 0.2) is 0 Å². The molecule has 0 aromatic carbocycles. The van der Waals surface area contributed by atoms with Crippen molar-refractivity contribution in [1.82, 2.24) is 10.2 Å². The van der Waals surface area contributed by atoms with E-state index in [9.17, 15) is 0 Å². The van der Waals surface area contributed by atoms with Crippen LogP contribution in [0.5, 0.6) is 0 Å². The third-order valence-corrected chi connectivity index (χ3v) is 2.07. The Labute approximate surface area is 86.1 Å². The molecule has 0 amide bonds. The molecule has 0 aliphatic carbocycles. The summed E-state index contributed by atoms with van der Waals surface area (Å²) in [5.74, 6) is 0.982. The van der Waals surface area contributed by atoms with Crippen molar-refractivity contribution in [3.63, 3.8) is 0 Å². The van der Waals surface area contributed by atoms with E-state index in [2.05, 4.69) is 30.4 Å². The van der Waals surface area contributed by atoms with Crippen LogP contribution in [0, 0.1) is 6.92 Å². The molecule has 0 spiro atoms. The van der Waals surface area contributed by atoms with Crippen molar-refractivity contribution in [3.8, 4) is 0 Å². The standard InChI is InChI=1S/C11H20N2O/c1-10-7-11(9-14-10)8-12-5-4-6-13(2)3/h7,9,12H,4-6,8H2,1-3H3. The van der Waals surface area contributed by atoms with Gasteiger partial charge in [-0.05, 0) is 46.6 Å². The maximum absolute atomic E-state index is 5.21. The molecule has 0 aliphatic rings. The van der Waals surface area contributed by atoms with Gasteiger partial charge in [0.25, 0.3) is 0 Å². The Kier molecular flexibility index (Phi) is 4.70. The average molecular weight is 196 g/mol. The van der Waals surface area contributed by atoms with E-state index in [1.165, 1.54) is 12.0 Å². The van der Waals surface area contributed by atoms with E-state index in [0.29, 0.717) is 0 Å². The monoisotopic (exact) mass is 196 g/mol. The molecule has 0 radical (unpaired) electrons. The number of nitrogens with zero attached hydrogens (tertiary/aromatic N) is 1. The second-order valence-electron chi connectivity index (χ2n) is 3.90. The van der Waals surface area contributed by atoms with Gasteiger partial charge in [-0.1, -0.05) is 0 Å². The Hall–Kier alpha value is -0.800. The van der Waals surface area contributed by atoms with Crippen LogP contribution in [0.3, 0.4) is 0 Å². The minimum Gasteiger partial charge on any atom is -0.469 e. The fourth-order valence-corrected chi connectivity index (χ4v) is 1.34. The third kappa shape index (κ3) is 4.44. The molecule has 1 aromatic heterocycles. The molecule has 3 nitrogen and oxygen atoms in total. The molecule has 0 saturated carbocycles. The van der Waals surface area contributed by atoms with Gasteiger partial charge in [-0.25, -0.2) is 0 Å². The molecule has 0 aliphatic heterocycles. The number of aryl methyl sites for hydroxylation is 1. The fraction of sp³-hybridized carbons (Fsp3) is 0.636. The van der Waals surface area contributed by atoms with Gasteiger partial charge in [0, 0.05) is 12.1 Å². The fourth-order valence-electron chi connectivity index (χ4n) is 1.34. The molecule has 3 heteroatoms. The number of hydrogen-bond donors (Lipinski definition) is 1. The molecule has 1 heterocycles. The van der Waals surface area contributed by atoms with Gasteiger partial charge in [-0.3, -0.25) is 0 Å². The topological polar surface area (TPSA) is 28.4 Å². The van der Waals surface area contributed by atoms with Gasteiger partial charge in [-0.2, -0.15) is 0 Å². The minimum absolute atomic E-state index is 0.908. The van der Waals surface area contributed by atoms with E-state index in [0.717, 1.165) is 25.4 Å². The quantitative estimate of drug-likeness (QED) is 0.701. The highest BCUT2D eigenvalue weighted by atomic mass is 16.3.